The summed E-state index contributed by atoms with van der Waals surface area (Å²) >= 11 is 0. The first-order valence-electron chi connectivity index (χ1n) is 5.52. The zero-order valence-corrected chi connectivity index (χ0v) is 13.4. The Morgan fingerprint density at radius 2 is 1.17 bits per heavy atom. The van der Waals surface area contributed by atoms with Gasteiger partial charge in [-0.3, -0.25) is 13.7 Å². The summed E-state index contributed by atoms with van der Waals surface area (Å²) in [4.78, 5) is -3.77. The van der Waals surface area contributed by atoms with Crippen LogP contribution < -0.4 is 5.73 Å². The highest BCUT2D eigenvalue weighted by atomic mass is 32.2. The Morgan fingerprint density at radius 1 is 0.696 bits per heavy atom. The molecule has 0 saturated carbocycles. The van der Waals surface area contributed by atoms with Crippen molar-refractivity contribution in [2.45, 2.75) is 14.7 Å². The van der Waals surface area contributed by atoms with Crippen molar-refractivity contribution in [1.29, 1.82) is 0 Å². The molecule has 5 N–H and O–H groups in total. The second-order valence-corrected chi connectivity index (χ2v) is 8.51. The minimum atomic E-state index is -5.31. The molecule has 2 aromatic rings. The summed E-state index contributed by atoms with van der Waals surface area (Å²) in [5.74, 6) is 0. The molecule has 0 radical (unpaired) electrons. The minimum absolute atomic E-state index is 0.160. The molecule has 10 nitrogen and oxygen atoms in total. The molecule has 126 valence electrons. The van der Waals surface area contributed by atoms with Crippen LogP contribution in [-0.4, -0.2) is 38.9 Å². The lowest BCUT2D eigenvalue weighted by molar-refractivity contribution is 0.467. The van der Waals surface area contributed by atoms with Crippen molar-refractivity contribution >= 4 is 46.8 Å². The zero-order chi connectivity index (χ0) is 17.8. The zero-order valence-electron chi connectivity index (χ0n) is 10.9. The first-order chi connectivity index (χ1) is 10.2. The minimum Gasteiger partial charge on any atom is -0.398 e. The van der Waals surface area contributed by atoms with Crippen molar-refractivity contribution in [1.82, 2.24) is 0 Å². The summed E-state index contributed by atoms with van der Waals surface area (Å²) in [5.41, 5.74) is 4.83. The predicted octanol–water partition coefficient (Wildman–Crippen LogP) is 0.162. The Bertz CT molecular complexity index is 1130. The molecule has 2 rings (SSSR count). The Morgan fingerprint density at radius 3 is 1.61 bits per heavy atom. The molecule has 0 unspecified atom stereocenters. The van der Waals surface area contributed by atoms with Gasteiger partial charge in [0.25, 0.3) is 30.4 Å². The fourth-order valence-electron chi connectivity index (χ4n) is 2.09. The molecule has 0 amide bonds. The van der Waals surface area contributed by atoms with Crippen LogP contribution in [0.4, 0.5) is 5.69 Å². The summed E-state index contributed by atoms with van der Waals surface area (Å²) in [6, 6.07) is 3.81. The van der Waals surface area contributed by atoms with E-state index in [9.17, 15) is 34.4 Å². The lowest BCUT2D eigenvalue weighted by atomic mass is 10.1. The van der Waals surface area contributed by atoms with Gasteiger partial charge < -0.3 is 5.73 Å². The van der Waals surface area contributed by atoms with E-state index >= 15 is 0 Å². The van der Waals surface area contributed by atoms with Crippen LogP contribution >= 0.6 is 0 Å². The third-order valence-electron chi connectivity index (χ3n) is 2.88. The lowest BCUT2D eigenvalue weighted by Crippen LogP contribution is -2.12. The highest BCUT2D eigenvalue weighted by Crippen LogP contribution is 2.36. The number of nitrogens with two attached hydrogens (primary N) is 1. The Balaban J connectivity index is 3.34. The maximum absolute atomic E-state index is 11.6. The molecule has 0 atom stereocenters. The Kier molecular flexibility index (Phi) is 3.91. The van der Waals surface area contributed by atoms with Crippen LogP contribution in [-0.2, 0) is 30.4 Å². The molecule has 0 spiro atoms. The van der Waals surface area contributed by atoms with Gasteiger partial charge in [-0.1, -0.05) is 12.1 Å². The summed E-state index contributed by atoms with van der Waals surface area (Å²) in [5, 5.41) is -1.02. The normalized spacial score (nSPS) is 13.3. The van der Waals surface area contributed by atoms with Crippen LogP contribution in [0.25, 0.3) is 10.8 Å². The molecule has 0 bridgehead atoms. The maximum atomic E-state index is 11.6. The number of benzene rings is 2. The summed E-state index contributed by atoms with van der Waals surface area (Å²) < 4.78 is 96.4. The quantitative estimate of drug-likeness (QED) is 0.419. The van der Waals surface area contributed by atoms with Crippen molar-refractivity contribution < 1.29 is 38.9 Å². The van der Waals surface area contributed by atoms with Crippen molar-refractivity contribution in [3.8, 4) is 0 Å². The third-order valence-corrected chi connectivity index (χ3v) is 5.80. The smallest absolute Gasteiger partial charge is 0.297 e. The van der Waals surface area contributed by atoms with E-state index in [0.717, 1.165) is 18.2 Å². The second-order valence-electron chi connectivity index (χ2n) is 4.40. The fraction of sp³-hybridized carbons (Fsp3) is 0. The van der Waals surface area contributed by atoms with Gasteiger partial charge in [-0.25, -0.2) is 0 Å². The first kappa shape index (κ1) is 17.6. The van der Waals surface area contributed by atoms with E-state index in [2.05, 4.69) is 0 Å². The summed E-state index contributed by atoms with van der Waals surface area (Å²) in [6.45, 7) is 0. The SMILES string of the molecule is Nc1ccc2ccc(S(=O)(=O)O)c(S(=O)(=O)O)c2c1S(=O)(=O)O. The number of hydrogen-bond donors (Lipinski definition) is 4. The van der Waals surface area contributed by atoms with E-state index in [0.29, 0.717) is 6.07 Å². The van der Waals surface area contributed by atoms with Gasteiger partial charge in [0.15, 0.2) is 0 Å². The number of anilines is 1. The average molecular weight is 383 g/mol. The monoisotopic (exact) mass is 383 g/mol. The van der Waals surface area contributed by atoms with Gasteiger partial charge in [-0.2, -0.15) is 25.3 Å². The van der Waals surface area contributed by atoms with E-state index in [4.69, 9.17) is 10.3 Å². The highest BCUT2D eigenvalue weighted by molar-refractivity contribution is 7.89. The standard InChI is InChI=1S/C10H9NO9S3/c11-6-3-1-5-2-4-7(21(12,13)14)10(23(18,19)20)8(5)9(6)22(15,16)17/h1-4H,11H2,(H,12,13,14)(H,15,16,17)(H,18,19,20). The predicted molar refractivity (Wildman–Crippen MR) is 77.8 cm³/mol. The number of hydrogen-bond acceptors (Lipinski definition) is 7. The number of fused-ring (bicyclic) bond motifs is 1. The van der Waals surface area contributed by atoms with E-state index < -0.39 is 56.1 Å². The summed E-state index contributed by atoms with van der Waals surface area (Å²) in [7, 11) is -15.5. The molecule has 0 aliphatic carbocycles. The fourth-order valence-corrected chi connectivity index (χ4v) is 5.01. The van der Waals surface area contributed by atoms with Gasteiger partial charge in [-0.15, -0.1) is 0 Å². The average Bonchev–Trinajstić information content (AvgIpc) is 2.32. The highest BCUT2D eigenvalue weighted by Gasteiger charge is 2.31. The van der Waals surface area contributed by atoms with Crippen LogP contribution in [0.1, 0.15) is 0 Å². The van der Waals surface area contributed by atoms with Crippen LogP contribution in [0.15, 0.2) is 39.0 Å². The molecule has 13 heteroatoms. The van der Waals surface area contributed by atoms with Crippen LogP contribution in [0.5, 0.6) is 0 Å². The van der Waals surface area contributed by atoms with Gasteiger partial charge >= 0.3 is 0 Å². The van der Waals surface area contributed by atoms with Gasteiger partial charge in [0, 0.05) is 5.39 Å². The van der Waals surface area contributed by atoms with Crippen molar-refractivity contribution in [3.05, 3.63) is 24.3 Å². The molecular weight excluding hydrogens is 374 g/mol. The molecule has 23 heavy (non-hydrogen) atoms. The van der Waals surface area contributed by atoms with Crippen molar-refractivity contribution in [2.24, 2.45) is 0 Å². The maximum Gasteiger partial charge on any atom is 0.297 e. The summed E-state index contributed by atoms with van der Waals surface area (Å²) in [6.07, 6.45) is 0. The molecule has 0 aromatic heterocycles. The van der Waals surface area contributed by atoms with Crippen LogP contribution in [0, 0.1) is 0 Å². The number of rotatable bonds is 3. The third kappa shape index (κ3) is 3.15. The largest absolute Gasteiger partial charge is 0.398 e. The van der Waals surface area contributed by atoms with E-state index in [-0.39, 0.29) is 5.39 Å². The van der Waals surface area contributed by atoms with E-state index in [1.54, 1.807) is 0 Å². The lowest BCUT2D eigenvalue weighted by Gasteiger charge is -2.13. The molecule has 0 aliphatic heterocycles. The molecular formula is C10H9NO9S3. The van der Waals surface area contributed by atoms with Gasteiger partial charge in [0.1, 0.15) is 14.7 Å². The number of nitrogen functional groups attached to an aromatic ring is 1. The molecule has 0 saturated heterocycles. The topological polar surface area (TPSA) is 189 Å². The van der Waals surface area contributed by atoms with Crippen molar-refractivity contribution in [2.75, 3.05) is 5.73 Å². The molecule has 0 aliphatic rings. The second kappa shape index (κ2) is 5.12. The van der Waals surface area contributed by atoms with Gasteiger partial charge in [0.2, 0.25) is 0 Å². The molecule has 0 heterocycles. The molecule has 0 fully saturated rings. The van der Waals surface area contributed by atoms with Crippen LogP contribution in [0.3, 0.4) is 0 Å². The van der Waals surface area contributed by atoms with Crippen LogP contribution in [0.2, 0.25) is 0 Å². The van der Waals surface area contributed by atoms with E-state index in [1.165, 1.54) is 0 Å². The molecule has 2 aromatic carbocycles. The first-order valence-corrected chi connectivity index (χ1v) is 9.84. The van der Waals surface area contributed by atoms with Gasteiger partial charge in [0.05, 0.1) is 5.69 Å². The van der Waals surface area contributed by atoms with Gasteiger partial charge in [-0.05, 0) is 17.5 Å². The Hall–Kier alpha value is -1.77. The van der Waals surface area contributed by atoms with Crippen molar-refractivity contribution in [3.63, 3.8) is 0 Å². The van der Waals surface area contributed by atoms with E-state index in [1.807, 2.05) is 0 Å². The Labute approximate surface area is 130 Å².